The number of benzene rings is 3. The van der Waals surface area contributed by atoms with Crippen LogP contribution in [0.1, 0.15) is 110 Å². The van der Waals surface area contributed by atoms with Gasteiger partial charge in [0.25, 0.3) is 0 Å². The third-order valence-electron chi connectivity index (χ3n) is 10.4. The van der Waals surface area contributed by atoms with Crippen molar-refractivity contribution in [3.8, 4) is 28.4 Å². The molecule has 6 rings (SSSR count). The lowest BCUT2D eigenvalue weighted by molar-refractivity contribution is 0.0757. The molecule has 1 spiro atoms. The van der Waals surface area contributed by atoms with Crippen molar-refractivity contribution < 1.29 is 19.3 Å². The average molecular weight is 617 g/mol. The Hall–Kier alpha value is -2.37. The number of phenolic OH excluding ortho intramolecular Hbond substituents is 1. The number of hydrogen-bond acceptors (Lipinski definition) is 5. The van der Waals surface area contributed by atoms with E-state index in [-0.39, 0.29) is 10.3 Å². The van der Waals surface area contributed by atoms with E-state index < -0.39 is 0 Å². The molecule has 0 bridgehead atoms. The summed E-state index contributed by atoms with van der Waals surface area (Å²) in [6.07, 6.45) is 10.7. The Bertz CT molecular complexity index is 1470. The standard InChI is InChI=1S/C39H52O4S/c1-25(2)13-12-18-41-19-20-42-28-14-15-29-32(21-28)38(16-10-8-7-9-11-17-38)33-24-34(40)30-23-36-35(22-31(30)37(29)33)43-39(44-36,26(3)4)27(5)6/h14-15,21-27,40H,7-13,16-20H2,1-6H3. The Kier molecular flexibility index (Phi) is 9.19. The van der Waals surface area contributed by atoms with E-state index in [0.29, 0.717) is 36.7 Å². The second-order valence-electron chi connectivity index (χ2n) is 14.5. The van der Waals surface area contributed by atoms with Gasteiger partial charge in [0.05, 0.1) is 11.5 Å². The van der Waals surface area contributed by atoms with E-state index in [1.165, 1.54) is 60.8 Å². The fraction of sp³-hybridized carbons (Fsp3) is 0.590. The van der Waals surface area contributed by atoms with Gasteiger partial charge in [-0.15, -0.1) is 0 Å². The first-order valence-electron chi connectivity index (χ1n) is 17.2. The molecule has 238 valence electrons. The minimum Gasteiger partial charge on any atom is -0.507 e. The molecular weight excluding hydrogens is 564 g/mol. The molecule has 0 amide bonds. The fourth-order valence-electron chi connectivity index (χ4n) is 8.07. The molecule has 2 aliphatic carbocycles. The maximum Gasteiger partial charge on any atom is 0.163 e. The Balaban J connectivity index is 1.38. The second kappa shape index (κ2) is 12.8. The summed E-state index contributed by atoms with van der Waals surface area (Å²) in [5, 5.41) is 13.7. The summed E-state index contributed by atoms with van der Waals surface area (Å²) in [5.74, 6) is 3.66. The van der Waals surface area contributed by atoms with E-state index >= 15 is 0 Å². The largest absolute Gasteiger partial charge is 0.507 e. The zero-order valence-corrected chi connectivity index (χ0v) is 28.6. The van der Waals surface area contributed by atoms with Crippen LogP contribution in [-0.4, -0.2) is 29.9 Å². The zero-order valence-electron chi connectivity index (χ0n) is 27.8. The van der Waals surface area contributed by atoms with Crippen LogP contribution in [0, 0.1) is 17.8 Å². The van der Waals surface area contributed by atoms with E-state index in [4.69, 9.17) is 14.2 Å². The molecule has 1 N–H and O–H groups in total. The van der Waals surface area contributed by atoms with E-state index in [2.05, 4.69) is 77.9 Å². The quantitative estimate of drug-likeness (QED) is 0.230. The summed E-state index contributed by atoms with van der Waals surface area (Å²) >= 11 is 1.83. The molecule has 3 aromatic rings. The number of hydrogen-bond donors (Lipinski definition) is 1. The zero-order chi connectivity index (χ0) is 31.1. The third-order valence-corrected chi connectivity index (χ3v) is 12.3. The smallest absolute Gasteiger partial charge is 0.163 e. The highest BCUT2D eigenvalue weighted by atomic mass is 32.2. The lowest BCUT2D eigenvalue weighted by atomic mass is 9.69. The first-order valence-corrected chi connectivity index (χ1v) is 18.1. The fourth-order valence-corrected chi connectivity index (χ4v) is 9.40. The van der Waals surface area contributed by atoms with Crippen molar-refractivity contribution in [3.63, 3.8) is 0 Å². The van der Waals surface area contributed by atoms with Crippen LogP contribution in [0.5, 0.6) is 17.2 Å². The van der Waals surface area contributed by atoms with Gasteiger partial charge in [-0.2, -0.15) is 0 Å². The monoisotopic (exact) mass is 616 g/mol. The molecule has 44 heavy (non-hydrogen) atoms. The molecule has 1 fully saturated rings. The number of rotatable bonds is 10. The van der Waals surface area contributed by atoms with Gasteiger partial charge in [0.1, 0.15) is 23.9 Å². The van der Waals surface area contributed by atoms with Crippen LogP contribution in [0.15, 0.2) is 41.3 Å². The molecule has 0 atom stereocenters. The number of aromatic hydroxyl groups is 1. The van der Waals surface area contributed by atoms with Gasteiger partial charge in [-0.1, -0.05) is 91.5 Å². The summed E-state index contributed by atoms with van der Waals surface area (Å²) in [6.45, 7) is 15.5. The van der Waals surface area contributed by atoms with Crippen LogP contribution in [0.3, 0.4) is 0 Å². The Morgan fingerprint density at radius 2 is 1.55 bits per heavy atom. The minimum atomic E-state index is -0.304. The van der Waals surface area contributed by atoms with Gasteiger partial charge in [-0.05, 0) is 89.6 Å². The number of ether oxygens (including phenoxy) is 3. The van der Waals surface area contributed by atoms with Crippen molar-refractivity contribution in [2.75, 3.05) is 19.8 Å². The average Bonchev–Trinajstić information content (AvgIpc) is 3.48. The van der Waals surface area contributed by atoms with Gasteiger partial charge >= 0.3 is 0 Å². The van der Waals surface area contributed by atoms with Gasteiger partial charge in [0.2, 0.25) is 0 Å². The number of fused-ring (bicyclic) bond motifs is 8. The highest BCUT2D eigenvalue weighted by molar-refractivity contribution is 8.01. The van der Waals surface area contributed by atoms with Gasteiger partial charge in [-0.25, -0.2) is 0 Å². The van der Waals surface area contributed by atoms with E-state index in [1.807, 2.05) is 11.8 Å². The van der Waals surface area contributed by atoms with E-state index in [9.17, 15) is 5.11 Å². The number of phenols is 1. The molecule has 1 saturated carbocycles. The summed E-state index contributed by atoms with van der Waals surface area (Å²) in [5.41, 5.74) is 5.10. The first kappa shape index (κ1) is 31.6. The lowest BCUT2D eigenvalue weighted by Gasteiger charge is -2.35. The topological polar surface area (TPSA) is 47.9 Å². The summed E-state index contributed by atoms with van der Waals surface area (Å²) < 4.78 is 19.0. The van der Waals surface area contributed by atoms with Crippen molar-refractivity contribution in [2.24, 2.45) is 17.8 Å². The Labute approximate surface area is 269 Å². The van der Waals surface area contributed by atoms with Crippen molar-refractivity contribution in [1.82, 2.24) is 0 Å². The van der Waals surface area contributed by atoms with Crippen LogP contribution < -0.4 is 9.47 Å². The van der Waals surface area contributed by atoms with Crippen molar-refractivity contribution in [2.45, 2.75) is 115 Å². The summed E-state index contributed by atoms with van der Waals surface area (Å²) in [6, 6.07) is 13.2. The van der Waals surface area contributed by atoms with Gasteiger partial charge in [0.15, 0.2) is 4.93 Å². The molecule has 0 unspecified atom stereocenters. The normalized spacial score (nSPS) is 18.4. The molecule has 3 aromatic carbocycles. The lowest BCUT2D eigenvalue weighted by Crippen LogP contribution is -2.40. The molecule has 3 aliphatic rings. The molecule has 0 aromatic heterocycles. The van der Waals surface area contributed by atoms with Crippen LogP contribution in [0.25, 0.3) is 21.9 Å². The van der Waals surface area contributed by atoms with Crippen molar-refractivity contribution in [1.29, 1.82) is 0 Å². The first-order chi connectivity index (χ1) is 21.2. The van der Waals surface area contributed by atoms with Crippen LogP contribution in [0.2, 0.25) is 0 Å². The molecule has 0 saturated heterocycles. The SMILES string of the molecule is CC(C)CCCOCCOc1ccc2c(c1)C1(CCCCCCC1)c1cc(O)c3cc4c(cc3c1-2)OC(C(C)C)(C(C)C)S4. The summed E-state index contributed by atoms with van der Waals surface area (Å²) in [7, 11) is 0. The summed E-state index contributed by atoms with van der Waals surface area (Å²) in [4.78, 5) is 0.825. The maximum atomic E-state index is 11.6. The van der Waals surface area contributed by atoms with Gasteiger partial charge < -0.3 is 19.3 Å². The second-order valence-corrected chi connectivity index (χ2v) is 15.7. The van der Waals surface area contributed by atoms with Crippen molar-refractivity contribution >= 4 is 22.5 Å². The van der Waals surface area contributed by atoms with E-state index in [0.717, 1.165) is 53.0 Å². The van der Waals surface area contributed by atoms with Crippen LogP contribution >= 0.6 is 11.8 Å². The third kappa shape index (κ3) is 5.61. The van der Waals surface area contributed by atoms with Gasteiger partial charge in [0, 0.05) is 29.2 Å². The van der Waals surface area contributed by atoms with E-state index in [1.54, 1.807) is 0 Å². The molecule has 1 aliphatic heterocycles. The van der Waals surface area contributed by atoms with Crippen LogP contribution in [-0.2, 0) is 10.2 Å². The number of thioether (sulfide) groups is 1. The minimum absolute atomic E-state index is 0.113. The molecule has 1 heterocycles. The van der Waals surface area contributed by atoms with Gasteiger partial charge in [-0.3, -0.25) is 0 Å². The predicted octanol–water partition coefficient (Wildman–Crippen LogP) is 10.9. The highest BCUT2D eigenvalue weighted by Crippen LogP contribution is 2.61. The molecule has 5 heteroatoms. The Morgan fingerprint density at radius 1 is 0.818 bits per heavy atom. The maximum absolute atomic E-state index is 11.6. The highest BCUT2D eigenvalue weighted by Gasteiger charge is 2.48. The van der Waals surface area contributed by atoms with Crippen molar-refractivity contribution in [3.05, 3.63) is 47.5 Å². The molecular formula is C39H52O4S. The molecule has 4 nitrogen and oxygen atoms in total. The Morgan fingerprint density at radius 3 is 2.25 bits per heavy atom. The predicted molar refractivity (Wildman–Crippen MR) is 183 cm³/mol. The molecule has 0 radical (unpaired) electrons. The van der Waals surface area contributed by atoms with Crippen LogP contribution in [0.4, 0.5) is 0 Å².